The third-order valence-electron chi connectivity index (χ3n) is 4.74. The quantitative estimate of drug-likeness (QED) is 0.822. The summed E-state index contributed by atoms with van der Waals surface area (Å²) in [5.41, 5.74) is 0. The van der Waals surface area contributed by atoms with Gasteiger partial charge in [0, 0.05) is 25.2 Å². The van der Waals surface area contributed by atoms with Crippen LogP contribution in [-0.4, -0.2) is 65.2 Å². The number of urea groups is 1. The van der Waals surface area contributed by atoms with Gasteiger partial charge >= 0.3 is 12.0 Å². The second-order valence-electron chi connectivity index (χ2n) is 6.76. The molecular formula is C15H27N3O3. The molecule has 2 aliphatic heterocycles. The average molecular weight is 297 g/mol. The molecule has 2 heterocycles. The molecule has 6 heteroatoms. The highest BCUT2D eigenvalue weighted by atomic mass is 16.4. The van der Waals surface area contributed by atoms with Crippen LogP contribution in [-0.2, 0) is 4.79 Å². The van der Waals surface area contributed by atoms with Gasteiger partial charge in [0.05, 0.1) is 0 Å². The Labute approximate surface area is 126 Å². The number of fused-ring (bicyclic) bond motifs is 2. The number of carbonyl (C=O) groups is 2. The summed E-state index contributed by atoms with van der Waals surface area (Å²) in [5.74, 6) is -0.719. The minimum atomic E-state index is -0.953. The lowest BCUT2D eigenvalue weighted by Crippen LogP contribution is -2.50. The summed E-state index contributed by atoms with van der Waals surface area (Å²) in [7, 11) is 2.13. The summed E-state index contributed by atoms with van der Waals surface area (Å²) in [5, 5.41) is 11.9. The van der Waals surface area contributed by atoms with Gasteiger partial charge in [0.1, 0.15) is 6.04 Å². The van der Waals surface area contributed by atoms with Crippen molar-refractivity contribution in [1.82, 2.24) is 15.1 Å². The second-order valence-corrected chi connectivity index (χ2v) is 6.76. The molecule has 120 valence electrons. The molecule has 0 spiro atoms. The monoisotopic (exact) mass is 297 g/mol. The van der Waals surface area contributed by atoms with Crippen LogP contribution >= 0.6 is 0 Å². The molecule has 0 aromatic rings. The van der Waals surface area contributed by atoms with E-state index in [9.17, 15) is 14.7 Å². The van der Waals surface area contributed by atoms with Gasteiger partial charge in [-0.05, 0) is 38.6 Å². The van der Waals surface area contributed by atoms with Gasteiger partial charge in [-0.2, -0.15) is 0 Å². The molecule has 2 saturated heterocycles. The number of nitrogens with zero attached hydrogens (tertiary/aromatic N) is 2. The molecule has 2 rings (SSSR count). The third kappa shape index (κ3) is 3.87. The Morgan fingerprint density at radius 1 is 1.24 bits per heavy atom. The van der Waals surface area contributed by atoms with Crippen LogP contribution in [0.4, 0.5) is 4.79 Å². The summed E-state index contributed by atoms with van der Waals surface area (Å²) in [6, 6.07) is -0.0463. The number of rotatable bonds is 4. The van der Waals surface area contributed by atoms with Crippen molar-refractivity contribution in [1.29, 1.82) is 0 Å². The second kappa shape index (κ2) is 6.64. The first kappa shape index (κ1) is 16.1. The number of aliphatic carboxylic acids is 1. The van der Waals surface area contributed by atoms with Gasteiger partial charge in [-0.1, -0.05) is 13.8 Å². The van der Waals surface area contributed by atoms with Crippen molar-refractivity contribution < 1.29 is 14.7 Å². The molecule has 2 fully saturated rings. The lowest BCUT2D eigenvalue weighted by Gasteiger charge is -2.27. The number of amides is 2. The number of carboxylic acid groups (broad SMARTS) is 1. The SMILES string of the molecule is CC(C)C[C@H](NC(=O)N1CCC2CCC(C1)N2C)C(=O)O. The summed E-state index contributed by atoms with van der Waals surface area (Å²) >= 11 is 0. The molecule has 0 saturated carbocycles. The maximum Gasteiger partial charge on any atom is 0.326 e. The Balaban J connectivity index is 1.94. The van der Waals surface area contributed by atoms with Gasteiger partial charge in [-0.15, -0.1) is 0 Å². The van der Waals surface area contributed by atoms with Crippen molar-refractivity contribution in [3.8, 4) is 0 Å². The Hall–Kier alpha value is -1.30. The first-order valence-corrected chi connectivity index (χ1v) is 7.88. The molecular weight excluding hydrogens is 270 g/mol. The number of carboxylic acids is 1. The van der Waals surface area contributed by atoms with Crippen molar-refractivity contribution in [2.75, 3.05) is 20.1 Å². The summed E-state index contributed by atoms with van der Waals surface area (Å²) in [6.07, 6.45) is 3.77. The molecule has 2 unspecified atom stereocenters. The number of hydrogen-bond donors (Lipinski definition) is 2. The first-order valence-electron chi connectivity index (χ1n) is 7.88. The van der Waals surface area contributed by atoms with E-state index in [0.717, 1.165) is 12.8 Å². The standard InChI is InChI=1S/C15H27N3O3/c1-10(2)8-13(14(19)20)16-15(21)18-7-6-11-4-5-12(9-18)17(11)3/h10-13H,4-9H2,1-3H3,(H,16,21)(H,19,20)/t11?,12?,13-/m0/s1. The molecule has 2 bridgehead atoms. The molecule has 6 nitrogen and oxygen atoms in total. The van der Waals surface area contributed by atoms with Crippen molar-refractivity contribution in [2.45, 2.75) is 57.7 Å². The minimum absolute atomic E-state index is 0.232. The molecule has 2 amide bonds. The molecule has 2 N–H and O–H groups in total. The Bertz CT molecular complexity index is 400. The predicted molar refractivity (Wildman–Crippen MR) is 80.2 cm³/mol. The highest BCUT2D eigenvalue weighted by Crippen LogP contribution is 2.28. The van der Waals surface area contributed by atoms with E-state index in [0.29, 0.717) is 31.6 Å². The fraction of sp³-hybridized carbons (Fsp3) is 0.867. The van der Waals surface area contributed by atoms with E-state index in [-0.39, 0.29) is 11.9 Å². The molecule has 3 atom stereocenters. The van der Waals surface area contributed by atoms with Gasteiger partial charge < -0.3 is 15.3 Å². The smallest absolute Gasteiger partial charge is 0.326 e. The number of likely N-dealkylation sites (tertiary alicyclic amines) is 1. The van der Waals surface area contributed by atoms with Crippen molar-refractivity contribution in [3.63, 3.8) is 0 Å². The number of likely N-dealkylation sites (N-methyl/N-ethyl adjacent to an activating group) is 1. The van der Waals surface area contributed by atoms with Crippen LogP contribution in [0.5, 0.6) is 0 Å². The first-order chi connectivity index (χ1) is 9.88. The van der Waals surface area contributed by atoms with Crippen LogP contribution in [0.25, 0.3) is 0 Å². The van der Waals surface area contributed by atoms with E-state index >= 15 is 0 Å². The van der Waals surface area contributed by atoms with Crippen LogP contribution in [0, 0.1) is 5.92 Å². The molecule has 2 aliphatic rings. The fourth-order valence-electron chi connectivity index (χ4n) is 3.43. The molecule has 0 aliphatic carbocycles. The molecule has 0 aromatic heterocycles. The molecule has 0 radical (unpaired) electrons. The zero-order valence-electron chi connectivity index (χ0n) is 13.2. The lowest BCUT2D eigenvalue weighted by molar-refractivity contribution is -0.139. The van der Waals surface area contributed by atoms with Crippen molar-refractivity contribution in [2.24, 2.45) is 5.92 Å². The summed E-state index contributed by atoms with van der Waals surface area (Å²) in [6.45, 7) is 5.34. The van der Waals surface area contributed by atoms with E-state index in [1.165, 1.54) is 6.42 Å². The Morgan fingerprint density at radius 2 is 1.90 bits per heavy atom. The van der Waals surface area contributed by atoms with Crippen LogP contribution in [0.1, 0.15) is 39.5 Å². The van der Waals surface area contributed by atoms with Crippen LogP contribution in [0.3, 0.4) is 0 Å². The fourth-order valence-corrected chi connectivity index (χ4v) is 3.43. The van der Waals surface area contributed by atoms with E-state index in [1.807, 2.05) is 13.8 Å². The maximum atomic E-state index is 12.4. The van der Waals surface area contributed by atoms with Crippen LogP contribution in [0.2, 0.25) is 0 Å². The number of carbonyl (C=O) groups excluding carboxylic acids is 1. The molecule has 21 heavy (non-hydrogen) atoms. The van der Waals surface area contributed by atoms with Crippen LogP contribution < -0.4 is 5.32 Å². The minimum Gasteiger partial charge on any atom is -0.480 e. The van der Waals surface area contributed by atoms with E-state index in [1.54, 1.807) is 4.90 Å². The lowest BCUT2D eigenvalue weighted by atomic mass is 10.0. The van der Waals surface area contributed by atoms with E-state index < -0.39 is 12.0 Å². The highest BCUT2D eigenvalue weighted by Gasteiger charge is 2.36. The topological polar surface area (TPSA) is 72.9 Å². The zero-order valence-corrected chi connectivity index (χ0v) is 13.2. The van der Waals surface area contributed by atoms with Crippen LogP contribution in [0.15, 0.2) is 0 Å². The predicted octanol–water partition coefficient (Wildman–Crippen LogP) is 1.36. The Kier molecular flexibility index (Phi) is 5.08. The van der Waals surface area contributed by atoms with Gasteiger partial charge in [0.15, 0.2) is 0 Å². The van der Waals surface area contributed by atoms with E-state index in [2.05, 4.69) is 17.3 Å². The number of nitrogens with one attached hydrogen (secondary N) is 1. The normalized spacial score (nSPS) is 27.5. The third-order valence-corrected chi connectivity index (χ3v) is 4.74. The number of hydrogen-bond acceptors (Lipinski definition) is 3. The van der Waals surface area contributed by atoms with Gasteiger partial charge in [0.25, 0.3) is 0 Å². The van der Waals surface area contributed by atoms with Crippen molar-refractivity contribution in [3.05, 3.63) is 0 Å². The average Bonchev–Trinajstić information content (AvgIpc) is 2.61. The maximum absolute atomic E-state index is 12.4. The summed E-state index contributed by atoms with van der Waals surface area (Å²) in [4.78, 5) is 27.8. The van der Waals surface area contributed by atoms with E-state index in [4.69, 9.17) is 0 Å². The largest absolute Gasteiger partial charge is 0.480 e. The Morgan fingerprint density at radius 3 is 2.52 bits per heavy atom. The van der Waals surface area contributed by atoms with Gasteiger partial charge in [0.2, 0.25) is 0 Å². The van der Waals surface area contributed by atoms with Gasteiger partial charge in [-0.3, -0.25) is 4.90 Å². The highest BCUT2D eigenvalue weighted by molar-refractivity contribution is 5.82. The zero-order chi connectivity index (χ0) is 15.6. The van der Waals surface area contributed by atoms with Gasteiger partial charge in [-0.25, -0.2) is 9.59 Å². The molecule has 0 aromatic carbocycles. The summed E-state index contributed by atoms with van der Waals surface area (Å²) < 4.78 is 0. The van der Waals surface area contributed by atoms with Crippen molar-refractivity contribution >= 4 is 12.0 Å².